The van der Waals surface area contributed by atoms with E-state index in [-0.39, 0.29) is 17.9 Å². The van der Waals surface area contributed by atoms with Gasteiger partial charge >= 0.3 is 0 Å². The summed E-state index contributed by atoms with van der Waals surface area (Å²) in [5, 5.41) is 11.1. The van der Waals surface area contributed by atoms with Gasteiger partial charge in [0.05, 0.1) is 11.5 Å². The molecule has 1 amide bonds. The summed E-state index contributed by atoms with van der Waals surface area (Å²) in [4.78, 5) is 25.0. The van der Waals surface area contributed by atoms with Gasteiger partial charge in [-0.15, -0.1) is 0 Å². The van der Waals surface area contributed by atoms with E-state index in [1.165, 1.54) is 18.2 Å². The summed E-state index contributed by atoms with van der Waals surface area (Å²) in [5.41, 5.74) is 4.94. The minimum Gasteiger partial charge on any atom is -0.369 e. The first kappa shape index (κ1) is 15.2. The Balaban J connectivity index is 2.19. The Morgan fingerprint density at radius 1 is 1.33 bits per heavy atom. The van der Waals surface area contributed by atoms with Gasteiger partial charge in [0.2, 0.25) is 5.91 Å². The largest absolute Gasteiger partial charge is 0.369 e. The van der Waals surface area contributed by atoms with E-state index in [0.717, 1.165) is 0 Å². The molecular weight excluding hydrogens is 279 g/mol. The number of nitrogens with two attached hydrogens (primary N) is 1. The number of halogens is 1. The number of amides is 1. The van der Waals surface area contributed by atoms with E-state index in [0.29, 0.717) is 32.6 Å². The lowest BCUT2D eigenvalue weighted by atomic mass is 10.2. The summed E-state index contributed by atoms with van der Waals surface area (Å²) >= 11 is 0. The minimum atomic E-state index is -0.604. The molecule has 0 atom stereocenters. The third-order valence-electron chi connectivity index (χ3n) is 3.45. The third kappa shape index (κ3) is 3.66. The first-order valence-electron chi connectivity index (χ1n) is 6.67. The van der Waals surface area contributed by atoms with E-state index in [4.69, 9.17) is 5.73 Å². The quantitative estimate of drug-likeness (QED) is 0.653. The monoisotopic (exact) mass is 296 g/mol. The Bertz CT molecular complexity index is 552. The average molecular weight is 296 g/mol. The second-order valence-corrected chi connectivity index (χ2v) is 4.95. The molecule has 114 valence electrons. The average Bonchev–Trinajstić information content (AvgIpc) is 2.63. The van der Waals surface area contributed by atoms with Gasteiger partial charge in [0, 0.05) is 32.2 Å². The minimum absolute atomic E-state index is 0.0171. The molecule has 2 N–H and O–H groups in total. The van der Waals surface area contributed by atoms with Crippen molar-refractivity contribution in [2.75, 3.05) is 37.6 Å². The fourth-order valence-corrected chi connectivity index (χ4v) is 2.54. The standard InChI is InChI=1S/C13H17FN4O3/c14-10-3-1-4-11(18(20)21)13(10)17-6-2-5-16(7-8-17)9-12(15)19/h1,3-4H,2,5-9H2,(H2,15,19). The van der Waals surface area contributed by atoms with Crippen LogP contribution in [-0.2, 0) is 4.79 Å². The normalized spacial score (nSPS) is 16.5. The van der Waals surface area contributed by atoms with Gasteiger partial charge in [0.15, 0.2) is 11.5 Å². The van der Waals surface area contributed by atoms with E-state index in [2.05, 4.69) is 0 Å². The van der Waals surface area contributed by atoms with E-state index < -0.39 is 16.6 Å². The molecule has 1 aromatic carbocycles. The molecule has 0 saturated carbocycles. The Labute approximate surface area is 121 Å². The van der Waals surface area contributed by atoms with Gasteiger partial charge in [-0.05, 0) is 12.5 Å². The SMILES string of the molecule is NC(=O)CN1CCCN(c2c(F)cccc2[N+](=O)[O-])CC1. The molecule has 0 unspecified atom stereocenters. The highest BCUT2D eigenvalue weighted by Crippen LogP contribution is 2.31. The molecule has 7 nitrogen and oxygen atoms in total. The summed E-state index contributed by atoms with van der Waals surface area (Å²) < 4.78 is 14.0. The number of nitro benzene ring substituents is 1. The van der Waals surface area contributed by atoms with Crippen molar-refractivity contribution in [3.8, 4) is 0 Å². The summed E-state index contributed by atoms with van der Waals surface area (Å²) in [6.45, 7) is 2.22. The van der Waals surface area contributed by atoms with Gasteiger partial charge in [-0.25, -0.2) is 4.39 Å². The van der Waals surface area contributed by atoms with Crippen LogP contribution < -0.4 is 10.6 Å². The Hall–Kier alpha value is -2.22. The lowest BCUT2D eigenvalue weighted by Gasteiger charge is -2.23. The molecule has 0 aromatic heterocycles. The molecule has 1 aromatic rings. The van der Waals surface area contributed by atoms with E-state index >= 15 is 0 Å². The summed E-state index contributed by atoms with van der Waals surface area (Å²) in [5.74, 6) is -1.02. The number of anilines is 1. The van der Waals surface area contributed by atoms with Gasteiger partial charge in [-0.1, -0.05) is 6.07 Å². The topological polar surface area (TPSA) is 92.7 Å². The number of nitro groups is 1. The maximum absolute atomic E-state index is 14.0. The second-order valence-electron chi connectivity index (χ2n) is 4.95. The number of nitrogens with zero attached hydrogens (tertiary/aromatic N) is 3. The number of carbonyl (C=O) groups is 1. The smallest absolute Gasteiger partial charge is 0.295 e. The highest BCUT2D eigenvalue weighted by Gasteiger charge is 2.25. The predicted molar refractivity (Wildman–Crippen MR) is 75.5 cm³/mol. The fourth-order valence-electron chi connectivity index (χ4n) is 2.54. The van der Waals surface area contributed by atoms with E-state index in [1.807, 2.05) is 4.90 Å². The maximum Gasteiger partial charge on any atom is 0.295 e. The first-order chi connectivity index (χ1) is 9.99. The number of para-hydroxylation sites is 1. The third-order valence-corrected chi connectivity index (χ3v) is 3.45. The van der Waals surface area contributed by atoms with Crippen molar-refractivity contribution in [3.05, 3.63) is 34.1 Å². The van der Waals surface area contributed by atoms with Crippen LogP contribution in [-0.4, -0.2) is 48.5 Å². The van der Waals surface area contributed by atoms with Crippen molar-refractivity contribution in [1.29, 1.82) is 0 Å². The highest BCUT2D eigenvalue weighted by atomic mass is 19.1. The van der Waals surface area contributed by atoms with Gasteiger partial charge < -0.3 is 10.6 Å². The fraction of sp³-hybridized carbons (Fsp3) is 0.462. The molecule has 21 heavy (non-hydrogen) atoms. The number of hydrogen-bond donors (Lipinski definition) is 1. The van der Waals surface area contributed by atoms with Crippen molar-refractivity contribution in [3.63, 3.8) is 0 Å². The number of primary amides is 1. The predicted octanol–water partition coefficient (Wildman–Crippen LogP) is 0.731. The zero-order chi connectivity index (χ0) is 15.4. The number of benzene rings is 1. The van der Waals surface area contributed by atoms with Gasteiger partial charge in [-0.2, -0.15) is 0 Å². The Morgan fingerprint density at radius 2 is 2.10 bits per heavy atom. The second kappa shape index (κ2) is 6.49. The molecule has 0 aliphatic carbocycles. The van der Waals surface area contributed by atoms with Gasteiger partial charge in [0.1, 0.15) is 0 Å². The van der Waals surface area contributed by atoms with Crippen LogP contribution in [0.4, 0.5) is 15.8 Å². The zero-order valence-corrected chi connectivity index (χ0v) is 11.5. The van der Waals surface area contributed by atoms with Crippen LogP contribution >= 0.6 is 0 Å². The highest BCUT2D eigenvalue weighted by molar-refractivity contribution is 5.76. The molecule has 8 heteroatoms. The van der Waals surface area contributed by atoms with Crippen LogP contribution in [0.1, 0.15) is 6.42 Å². The van der Waals surface area contributed by atoms with Crippen LogP contribution in [0.2, 0.25) is 0 Å². The van der Waals surface area contributed by atoms with Crippen LogP contribution in [0.5, 0.6) is 0 Å². The maximum atomic E-state index is 14.0. The molecular formula is C13H17FN4O3. The van der Waals surface area contributed by atoms with Gasteiger partial charge in [-0.3, -0.25) is 19.8 Å². The summed E-state index contributed by atoms with van der Waals surface area (Å²) in [7, 11) is 0. The van der Waals surface area contributed by atoms with Crippen molar-refractivity contribution in [2.24, 2.45) is 5.73 Å². The lowest BCUT2D eigenvalue weighted by Crippen LogP contribution is -2.37. The van der Waals surface area contributed by atoms with Crippen molar-refractivity contribution in [1.82, 2.24) is 4.90 Å². The van der Waals surface area contributed by atoms with Gasteiger partial charge in [0.25, 0.3) is 5.69 Å². The molecule has 0 bridgehead atoms. The summed E-state index contributed by atoms with van der Waals surface area (Å²) in [6.07, 6.45) is 0.679. The molecule has 0 radical (unpaired) electrons. The van der Waals surface area contributed by atoms with Crippen LogP contribution in [0.3, 0.4) is 0 Å². The Kier molecular flexibility index (Phi) is 4.69. The van der Waals surface area contributed by atoms with Crippen LogP contribution in [0, 0.1) is 15.9 Å². The zero-order valence-electron chi connectivity index (χ0n) is 11.5. The molecule has 0 spiro atoms. The van der Waals surface area contributed by atoms with Crippen molar-refractivity contribution >= 4 is 17.3 Å². The lowest BCUT2D eigenvalue weighted by molar-refractivity contribution is -0.384. The molecule has 2 rings (SSSR count). The number of carbonyl (C=O) groups excluding carboxylic acids is 1. The van der Waals surface area contributed by atoms with Crippen molar-refractivity contribution in [2.45, 2.75) is 6.42 Å². The summed E-state index contributed by atoms with van der Waals surface area (Å²) in [6, 6.07) is 3.84. The molecule has 1 heterocycles. The molecule has 1 saturated heterocycles. The Morgan fingerprint density at radius 3 is 2.76 bits per heavy atom. The first-order valence-corrected chi connectivity index (χ1v) is 6.67. The molecule has 1 fully saturated rings. The molecule has 1 aliphatic rings. The number of hydrogen-bond acceptors (Lipinski definition) is 5. The van der Waals surface area contributed by atoms with E-state index in [1.54, 1.807) is 4.90 Å². The van der Waals surface area contributed by atoms with E-state index in [9.17, 15) is 19.3 Å². The van der Waals surface area contributed by atoms with Crippen LogP contribution in [0.15, 0.2) is 18.2 Å². The molecule has 1 aliphatic heterocycles. The van der Waals surface area contributed by atoms with Crippen molar-refractivity contribution < 1.29 is 14.1 Å². The van der Waals surface area contributed by atoms with Crippen LogP contribution in [0.25, 0.3) is 0 Å². The number of rotatable bonds is 4.